The Morgan fingerprint density at radius 1 is 1.30 bits per heavy atom. The first-order valence-corrected chi connectivity index (χ1v) is 9.11. The summed E-state index contributed by atoms with van der Waals surface area (Å²) < 4.78 is 11.0. The molecule has 0 spiro atoms. The number of aryl methyl sites for hydroxylation is 1. The number of aromatic nitrogens is 2. The van der Waals surface area contributed by atoms with Crippen molar-refractivity contribution in [2.24, 2.45) is 0 Å². The Morgan fingerprint density at radius 3 is 2.67 bits per heavy atom. The van der Waals surface area contributed by atoms with Crippen LogP contribution in [0.4, 0.5) is 0 Å². The minimum absolute atomic E-state index is 0.0882. The van der Waals surface area contributed by atoms with Crippen molar-refractivity contribution in [1.82, 2.24) is 19.9 Å². The molecule has 1 amide bonds. The van der Waals surface area contributed by atoms with Crippen LogP contribution in [0.1, 0.15) is 31.1 Å². The van der Waals surface area contributed by atoms with E-state index >= 15 is 0 Å². The average Bonchev–Trinajstić information content (AvgIpc) is 2.96. The standard InChI is InChI=1S/C19H26N4O4/c1-13(2)23-10-17(26-12-18-20-14(3)27-21-18)9-22(11-19(23)25)8-15-4-6-16(24)7-5-15/h4-7,13,17,24H,8-12H2,1-3H3. The predicted octanol–water partition coefficient (Wildman–Crippen LogP) is 1.72. The second-order valence-electron chi connectivity index (χ2n) is 7.14. The van der Waals surface area contributed by atoms with E-state index in [4.69, 9.17) is 9.26 Å². The molecule has 1 N–H and O–H groups in total. The van der Waals surface area contributed by atoms with Crippen LogP contribution in [0.2, 0.25) is 0 Å². The predicted molar refractivity (Wildman–Crippen MR) is 97.8 cm³/mol. The van der Waals surface area contributed by atoms with Crippen molar-refractivity contribution in [2.45, 2.75) is 46.1 Å². The molecule has 3 rings (SSSR count). The molecule has 8 heteroatoms. The van der Waals surface area contributed by atoms with Gasteiger partial charge in [0.15, 0.2) is 5.82 Å². The van der Waals surface area contributed by atoms with Crippen LogP contribution in [0.5, 0.6) is 5.75 Å². The van der Waals surface area contributed by atoms with Gasteiger partial charge >= 0.3 is 0 Å². The van der Waals surface area contributed by atoms with Gasteiger partial charge in [-0.15, -0.1) is 0 Å². The highest BCUT2D eigenvalue weighted by molar-refractivity contribution is 5.79. The lowest BCUT2D eigenvalue weighted by Crippen LogP contribution is -2.42. The molecule has 0 bridgehead atoms. The fourth-order valence-corrected chi connectivity index (χ4v) is 3.19. The molecule has 1 unspecified atom stereocenters. The van der Waals surface area contributed by atoms with Crippen LogP contribution in [0.25, 0.3) is 0 Å². The molecule has 1 fully saturated rings. The molecule has 1 saturated heterocycles. The number of carbonyl (C=O) groups is 1. The third-order valence-corrected chi connectivity index (χ3v) is 4.53. The first-order valence-electron chi connectivity index (χ1n) is 9.11. The summed E-state index contributed by atoms with van der Waals surface area (Å²) in [6.45, 7) is 8.08. The molecule has 0 aliphatic carbocycles. The van der Waals surface area contributed by atoms with E-state index in [1.165, 1.54) is 0 Å². The Bertz CT molecular complexity index is 759. The van der Waals surface area contributed by atoms with Gasteiger partial charge in [0.1, 0.15) is 12.4 Å². The minimum atomic E-state index is -0.158. The Hall–Kier alpha value is -2.45. The summed E-state index contributed by atoms with van der Waals surface area (Å²) in [5, 5.41) is 13.3. The number of amides is 1. The Morgan fingerprint density at radius 2 is 2.04 bits per heavy atom. The summed E-state index contributed by atoms with van der Waals surface area (Å²) in [5.74, 6) is 1.32. The summed E-state index contributed by atoms with van der Waals surface area (Å²) in [6, 6.07) is 7.14. The molecular formula is C19H26N4O4. The van der Waals surface area contributed by atoms with Crippen molar-refractivity contribution in [3.05, 3.63) is 41.5 Å². The van der Waals surface area contributed by atoms with Gasteiger partial charge in [0.05, 0.1) is 12.6 Å². The van der Waals surface area contributed by atoms with Gasteiger partial charge in [0.2, 0.25) is 11.8 Å². The molecule has 1 atom stereocenters. The monoisotopic (exact) mass is 374 g/mol. The van der Waals surface area contributed by atoms with Gasteiger partial charge in [-0.25, -0.2) is 0 Å². The highest BCUT2D eigenvalue weighted by Gasteiger charge is 2.30. The molecule has 0 saturated carbocycles. The van der Waals surface area contributed by atoms with E-state index in [-0.39, 0.29) is 30.4 Å². The number of carbonyl (C=O) groups excluding carboxylic acids is 1. The summed E-state index contributed by atoms with van der Waals surface area (Å²) in [5.41, 5.74) is 1.03. The number of rotatable bonds is 6. The SMILES string of the molecule is Cc1nc(COC2CN(Cc3ccc(O)cc3)CC(=O)N(C(C)C)C2)no1. The normalized spacial score (nSPS) is 18.9. The molecule has 146 valence electrons. The fourth-order valence-electron chi connectivity index (χ4n) is 3.19. The van der Waals surface area contributed by atoms with Gasteiger partial charge in [0, 0.05) is 32.6 Å². The Kier molecular flexibility index (Phi) is 6.08. The number of nitrogens with zero attached hydrogens (tertiary/aromatic N) is 4. The molecule has 1 aliphatic heterocycles. The van der Waals surface area contributed by atoms with E-state index < -0.39 is 0 Å². The van der Waals surface area contributed by atoms with E-state index in [0.717, 1.165) is 5.56 Å². The molecule has 27 heavy (non-hydrogen) atoms. The molecule has 0 radical (unpaired) electrons. The lowest BCUT2D eigenvalue weighted by molar-refractivity contribution is -0.133. The van der Waals surface area contributed by atoms with Crippen LogP contribution >= 0.6 is 0 Å². The Balaban J connectivity index is 1.69. The lowest BCUT2D eigenvalue weighted by Gasteiger charge is -2.27. The maximum absolute atomic E-state index is 12.7. The van der Waals surface area contributed by atoms with E-state index in [0.29, 0.717) is 37.9 Å². The molecule has 1 aromatic carbocycles. The van der Waals surface area contributed by atoms with Crippen LogP contribution in [0, 0.1) is 6.92 Å². The van der Waals surface area contributed by atoms with E-state index in [1.807, 2.05) is 30.9 Å². The molecule has 1 aliphatic rings. The number of hydrogen-bond donors (Lipinski definition) is 1. The number of phenols is 1. The maximum atomic E-state index is 12.7. The maximum Gasteiger partial charge on any atom is 0.237 e. The quantitative estimate of drug-likeness (QED) is 0.823. The van der Waals surface area contributed by atoms with Gasteiger partial charge in [0.25, 0.3) is 0 Å². The Labute approximate surface area is 158 Å². The summed E-state index contributed by atoms with van der Waals surface area (Å²) in [7, 11) is 0. The number of hydrogen-bond acceptors (Lipinski definition) is 7. The zero-order valence-corrected chi connectivity index (χ0v) is 16.0. The van der Waals surface area contributed by atoms with Crippen molar-refractivity contribution < 1.29 is 19.2 Å². The highest BCUT2D eigenvalue weighted by atomic mass is 16.5. The smallest absolute Gasteiger partial charge is 0.237 e. The zero-order chi connectivity index (χ0) is 19.4. The van der Waals surface area contributed by atoms with Gasteiger partial charge < -0.3 is 19.3 Å². The molecule has 2 aromatic rings. The second-order valence-corrected chi connectivity index (χ2v) is 7.14. The van der Waals surface area contributed by atoms with Crippen LogP contribution < -0.4 is 0 Å². The van der Waals surface area contributed by atoms with Crippen molar-refractivity contribution in [3.63, 3.8) is 0 Å². The summed E-state index contributed by atoms with van der Waals surface area (Å²) in [6.07, 6.45) is -0.158. The van der Waals surface area contributed by atoms with Crippen LogP contribution in [-0.2, 0) is 22.7 Å². The first kappa shape index (κ1) is 19.3. The zero-order valence-electron chi connectivity index (χ0n) is 16.0. The van der Waals surface area contributed by atoms with Crippen LogP contribution in [0.3, 0.4) is 0 Å². The van der Waals surface area contributed by atoms with Gasteiger partial charge in [-0.3, -0.25) is 9.69 Å². The van der Waals surface area contributed by atoms with Crippen molar-refractivity contribution in [1.29, 1.82) is 0 Å². The number of ether oxygens (including phenoxy) is 1. The molecule has 2 heterocycles. The molecule has 8 nitrogen and oxygen atoms in total. The fraction of sp³-hybridized carbons (Fsp3) is 0.526. The number of phenolic OH excluding ortho intramolecular Hbond substituents is 1. The topological polar surface area (TPSA) is 91.9 Å². The number of aromatic hydroxyl groups is 1. The van der Waals surface area contributed by atoms with Gasteiger partial charge in [-0.05, 0) is 31.5 Å². The van der Waals surface area contributed by atoms with Crippen LogP contribution in [-0.4, -0.2) is 62.7 Å². The average molecular weight is 374 g/mol. The van der Waals surface area contributed by atoms with E-state index in [9.17, 15) is 9.90 Å². The van der Waals surface area contributed by atoms with E-state index in [1.54, 1.807) is 19.1 Å². The second kappa shape index (κ2) is 8.49. The van der Waals surface area contributed by atoms with Crippen molar-refractivity contribution in [3.8, 4) is 5.75 Å². The summed E-state index contributed by atoms with van der Waals surface area (Å²) >= 11 is 0. The third kappa shape index (κ3) is 5.27. The lowest BCUT2D eigenvalue weighted by atomic mass is 10.2. The highest BCUT2D eigenvalue weighted by Crippen LogP contribution is 2.17. The van der Waals surface area contributed by atoms with Gasteiger partial charge in [-0.1, -0.05) is 17.3 Å². The first-order chi connectivity index (χ1) is 12.9. The van der Waals surface area contributed by atoms with E-state index in [2.05, 4.69) is 15.0 Å². The largest absolute Gasteiger partial charge is 0.508 e. The minimum Gasteiger partial charge on any atom is -0.508 e. The molecule has 1 aromatic heterocycles. The van der Waals surface area contributed by atoms with Crippen molar-refractivity contribution in [2.75, 3.05) is 19.6 Å². The van der Waals surface area contributed by atoms with Crippen LogP contribution in [0.15, 0.2) is 28.8 Å². The van der Waals surface area contributed by atoms with Gasteiger partial charge in [-0.2, -0.15) is 4.98 Å². The summed E-state index contributed by atoms with van der Waals surface area (Å²) in [4.78, 5) is 20.8. The molecular weight excluding hydrogens is 348 g/mol. The third-order valence-electron chi connectivity index (χ3n) is 4.53. The number of benzene rings is 1. The van der Waals surface area contributed by atoms with Crippen molar-refractivity contribution >= 4 is 5.91 Å².